The zero-order chi connectivity index (χ0) is 31.0. The Morgan fingerprint density at radius 2 is 1.70 bits per heavy atom. The summed E-state index contributed by atoms with van der Waals surface area (Å²) >= 11 is 0. The van der Waals surface area contributed by atoms with E-state index in [0.29, 0.717) is 56.0 Å². The average molecular weight is 625 g/mol. The van der Waals surface area contributed by atoms with Gasteiger partial charge in [-0.1, -0.05) is 19.9 Å². The van der Waals surface area contributed by atoms with Crippen molar-refractivity contribution in [1.82, 2.24) is 20.0 Å². The molecule has 10 heteroatoms. The van der Waals surface area contributed by atoms with E-state index in [1.54, 1.807) is 4.90 Å². The van der Waals surface area contributed by atoms with Crippen LogP contribution in [0.4, 0.5) is 8.78 Å². The summed E-state index contributed by atoms with van der Waals surface area (Å²) in [6, 6.07) is 2.82. The average Bonchev–Trinajstić information content (AvgIpc) is 3.34. The summed E-state index contributed by atoms with van der Waals surface area (Å²) in [7, 11) is 0. The molecule has 242 valence electrons. The molecule has 0 bridgehead atoms. The van der Waals surface area contributed by atoms with Crippen molar-refractivity contribution >= 4 is 30.1 Å². The first-order valence-corrected chi connectivity index (χ1v) is 15.6. The summed E-state index contributed by atoms with van der Waals surface area (Å²) < 4.78 is 28.6. The second-order valence-corrected chi connectivity index (χ2v) is 14.7. The number of benzene rings is 1. The predicted octanol–water partition coefficient (Wildman–Crippen LogP) is 5.37. The van der Waals surface area contributed by atoms with Gasteiger partial charge in [0.15, 0.2) is 0 Å². The molecule has 2 heterocycles. The Morgan fingerprint density at radius 3 is 2.26 bits per heavy atom. The molecule has 4 rings (SSSR count). The van der Waals surface area contributed by atoms with Gasteiger partial charge in [0.1, 0.15) is 17.7 Å². The quantitative estimate of drug-likeness (QED) is 0.462. The van der Waals surface area contributed by atoms with Crippen LogP contribution < -0.4 is 5.32 Å². The fourth-order valence-corrected chi connectivity index (χ4v) is 7.13. The number of likely N-dealkylation sites (tertiary alicyclic amines) is 1. The highest BCUT2D eigenvalue weighted by Gasteiger charge is 2.46. The molecule has 43 heavy (non-hydrogen) atoms. The molecule has 2 saturated heterocycles. The van der Waals surface area contributed by atoms with Crippen LogP contribution in [0.3, 0.4) is 0 Å². The molecule has 0 spiro atoms. The second kappa shape index (κ2) is 13.8. The Morgan fingerprint density at radius 1 is 1.05 bits per heavy atom. The van der Waals surface area contributed by atoms with Gasteiger partial charge in [-0.25, -0.2) is 8.78 Å². The van der Waals surface area contributed by atoms with Gasteiger partial charge < -0.3 is 15.1 Å². The molecule has 3 amide bonds. The number of carbonyl (C=O) groups excluding carboxylic acids is 3. The van der Waals surface area contributed by atoms with Gasteiger partial charge in [0, 0.05) is 63.2 Å². The standard InChI is InChI=1S/C33H50F2N4O3.ClH/c1-21-18-37(31(42)29(36-22(2)40)16-23-10-12-33(6,7)13-11-23)14-15-39(21)30(41)27-20-38(32(3,4)5)19-26(27)25-9-8-24(34)17-28(25)35;/h8-9,17,21,23,26-27,29H,10-16,18-20H2,1-7H3,(H,36,40);1H/t21-,26-,27+,29?;/m0./s1. The van der Waals surface area contributed by atoms with Crippen LogP contribution in [-0.2, 0) is 14.4 Å². The van der Waals surface area contributed by atoms with E-state index in [1.807, 2.05) is 11.8 Å². The van der Waals surface area contributed by atoms with Crippen LogP contribution in [0.15, 0.2) is 18.2 Å². The van der Waals surface area contributed by atoms with Crippen molar-refractivity contribution in [2.24, 2.45) is 17.3 Å². The first-order valence-electron chi connectivity index (χ1n) is 15.6. The number of nitrogens with one attached hydrogen (secondary N) is 1. The fraction of sp³-hybridized carbons (Fsp3) is 0.727. The highest BCUT2D eigenvalue weighted by atomic mass is 35.5. The number of amides is 3. The van der Waals surface area contributed by atoms with E-state index in [1.165, 1.54) is 19.1 Å². The third-order valence-corrected chi connectivity index (χ3v) is 9.87. The highest BCUT2D eigenvalue weighted by molar-refractivity contribution is 5.87. The fourth-order valence-electron chi connectivity index (χ4n) is 7.13. The number of halogens is 3. The van der Waals surface area contributed by atoms with Crippen LogP contribution >= 0.6 is 12.4 Å². The summed E-state index contributed by atoms with van der Waals surface area (Å²) in [5, 5.41) is 2.91. The third kappa shape index (κ3) is 8.47. The number of carbonyl (C=O) groups is 3. The predicted molar refractivity (Wildman–Crippen MR) is 167 cm³/mol. The lowest BCUT2D eigenvalue weighted by molar-refractivity contribution is -0.147. The van der Waals surface area contributed by atoms with Crippen molar-refractivity contribution in [3.63, 3.8) is 0 Å². The minimum absolute atomic E-state index is 0. The lowest BCUT2D eigenvalue weighted by atomic mass is 9.71. The highest BCUT2D eigenvalue weighted by Crippen LogP contribution is 2.41. The molecule has 1 N–H and O–H groups in total. The molecular formula is C33H51ClF2N4O3. The minimum atomic E-state index is -0.635. The van der Waals surface area contributed by atoms with E-state index in [-0.39, 0.29) is 41.7 Å². The zero-order valence-corrected chi connectivity index (χ0v) is 27.7. The maximum absolute atomic E-state index is 14.9. The van der Waals surface area contributed by atoms with Gasteiger partial charge in [-0.15, -0.1) is 12.4 Å². The Bertz CT molecular complexity index is 1160. The van der Waals surface area contributed by atoms with E-state index in [2.05, 4.69) is 44.8 Å². The van der Waals surface area contributed by atoms with E-state index >= 15 is 0 Å². The van der Waals surface area contributed by atoms with Crippen LogP contribution in [-0.4, -0.2) is 82.8 Å². The van der Waals surface area contributed by atoms with Gasteiger partial charge in [0.2, 0.25) is 17.7 Å². The Hall–Kier alpha value is -2.26. The van der Waals surface area contributed by atoms with E-state index in [9.17, 15) is 23.2 Å². The van der Waals surface area contributed by atoms with E-state index in [4.69, 9.17) is 0 Å². The number of hydrogen-bond donors (Lipinski definition) is 1. The molecule has 3 aliphatic rings. The first kappa shape index (κ1) is 35.2. The number of hydrogen-bond acceptors (Lipinski definition) is 4. The van der Waals surface area contributed by atoms with Gasteiger partial charge >= 0.3 is 0 Å². The van der Waals surface area contributed by atoms with Crippen molar-refractivity contribution in [2.45, 2.75) is 104 Å². The molecule has 1 aromatic rings. The molecule has 7 nitrogen and oxygen atoms in total. The van der Waals surface area contributed by atoms with Crippen LogP contribution in [0.2, 0.25) is 0 Å². The SMILES string of the molecule is CC(=O)NC(CC1CCC(C)(C)CC1)C(=O)N1CCN(C(=O)[C@@H]2CN(C(C)(C)C)C[C@H]2c2ccc(F)cc2F)[C@@H](C)C1.Cl. The van der Waals surface area contributed by atoms with Crippen molar-refractivity contribution in [3.8, 4) is 0 Å². The molecule has 1 unspecified atom stereocenters. The van der Waals surface area contributed by atoms with Gasteiger partial charge in [-0.2, -0.15) is 0 Å². The van der Waals surface area contributed by atoms with E-state index < -0.39 is 29.5 Å². The summed E-state index contributed by atoms with van der Waals surface area (Å²) in [5.41, 5.74) is 0.479. The van der Waals surface area contributed by atoms with Crippen molar-refractivity contribution in [3.05, 3.63) is 35.4 Å². The summed E-state index contributed by atoms with van der Waals surface area (Å²) in [6.07, 6.45) is 4.98. The number of piperazine rings is 1. The third-order valence-electron chi connectivity index (χ3n) is 9.87. The molecule has 1 aromatic carbocycles. The van der Waals surface area contributed by atoms with Gasteiger partial charge in [0.05, 0.1) is 5.92 Å². The van der Waals surface area contributed by atoms with Crippen molar-refractivity contribution < 1.29 is 23.2 Å². The smallest absolute Gasteiger partial charge is 0.245 e. The van der Waals surface area contributed by atoms with Crippen molar-refractivity contribution in [1.29, 1.82) is 0 Å². The molecule has 4 atom stereocenters. The molecule has 0 aromatic heterocycles. The largest absolute Gasteiger partial charge is 0.345 e. The molecule has 0 radical (unpaired) electrons. The topological polar surface area (TPSA) is 73.0 Å². The summed E-state index contributed by atoms with van der Waals surface area (Å²) in [5.74, 6) is -2.08. The lowest BCUT2D eigenvalue weighted by Crippen LogP contribution is -2.60. The Balaban J connectivity index is 0.00000506. The van der Waals surface area contributed by atoms with Crippen LogP contribution in [0.1, 0.15) is 92.1 Å². The molecule has 3 fully saturated rings. The minimum Gasteiger partial charge on any atom is -0.345 e. The van der Waals surface area contributed by atoms with Crippen LogP contribution in [0, 0.1) is 28.9 Å². The maximum Gasteiger partial charge on any atom is 0.245 e. The van der Waals surface area contributed by atoms with Crippen LogP contribution in [0.25, 0.3) is 0 Å². The molecule has 2 aliphatic heterocycles. The first-order chi connectivity index (χ1) is 19.6. The van der Waals surface area contributed by atoms with Gasteiger partial charge in [0.25, 0.3) is 0 Å². The molecule has 1 aliphatic carbocycles. The summed E-state index contributed by atoms with van der Waals surface area (Å²) in [4.78, 5) is 45.6. The Kier molecular flexibility index (Phi) is 11.3. The zero-order valence-electron chi connectivity index (χ0n) is 26.9. The summed E-state index contributed by atoms with van der Waals surface area (Å²) in [6.45, 7) is 16.3. The maximum atomic E-state index is 14.9. The number of rotatable bonds is 6. The monoisotopic (exact) mass is 624 g/mol. The lowest BCUT2D eigenvalue weighted by Gasteiger charge is -2.43. The van der Waals surface area contributed by atoms with Gasteiger partial charge in [-0.05, 0) is 82.8 Å². The normalized spacial score (nSPS) is 25.7. The van der Waals surface area contributed by atoms with Crippen LogP contribution in [0.5, 0.6) is 0 Å². The van der Waals surface area contributed by atoms with Gasteiger partial charge in [-0.3, -0.25) is 19.3 Å². The second-order valence-electron chi connectivity index (χ2n) is 14.7. The number of nitrogens with zero attached hydrogens (tertiary/aromatic N) is 3. The molecular weight excluding hydrogens is 574 g/mol. The van der Waals surface area contributed by atoms with E-state index in [0.717, 1.165) is 31.7 Å². The van der Waals surface area contributed by atoms with Crippen molar-refractivity contribution in [2.75, 3.05) is 32.7 Å². The molecule has 1 saturated carbocycles. The Labute approximate surface area is 262 Å².